The number of aromatic nitrogens is 2. The molecule has 0 aliphatic carbocycles. The van der Waals surface area contributed by atoms with E-state index in [0.717, 1.165) is 6.07 Å². The topological polar surface area (TPSA) is 58.1 Å². The number of hydrogen-bond acceptors (Lipinski definition) is 5. The molecule has 0 radical (unpaired) electrons. The zero-order valence-corrected chi connectivity index (χ0v) is 13.7. The molecule has 0 saturated carbocycles. The van der Waals surface area contributed by atoms with Crippen LogP contribution in [0.1, 0.15) is 22.5 Å². The summed E-state index contributed by atoms with van der Waals surface area (Å²) in [7, 11) is 0. The summed E-state index contributed by atoms with van der Waals surface area (Å²) in [5, 5.41) is 11.5. The van der Waals surface area contributed by atoms with Crippen molar-refractivity contribution in [2.45, 2.75) is 19.0 Å². The minimum absolute atomic E-state index is 0.0658. The van der Waals surface area contributed by atoms with Crippen molar-refractivity contribution >= 4 is 28.9 Å². The molecule has 2 aromatic heterocycles. The summed E-state index contributed by atoms with van der Waals surface area (Å²) >= 11 is 1.20. The number of nitrogens with one attached hydrogen (secondary N) is 1. The van der Waals surface area contributed by atoms with E-state index in [1.54, 1.807) is 22.4 Å². The van der Waals surface area contributed by atoms with Crippen LogP contribution in [-0.2, 0) is 0 Å². The van der Waals surface area contributed by atoms with E-state index in [-0.39, 0.29) is 37.6 Å². The normalized spacial score (nSPS) is 16.1. The number of carbonyl (C=O) groups is 1. The maximum Gasteiger partial charge on any atom is 0.391 e. The summed E-state index contributed by atoms with van der Waals surface area (Å²) in [6, 6.07) is 4.35. The first-order chi connectivity index (χ1) is 11.8. The zero-order valence-electron chi connectivity index (χ0n) is 12.9. The molecular weight excluding hydrogens is 360 g/mol. The van der Waals surface area contributed by atoms with E-state index >= 15 is 0 Å². The number of carbonyl (C=O) groups excluding carboxylic acids is 1. The average Bonchev–Trinajstić information content (AvgIpc) is 3.10. The highest BCUT2D eigenvalue weighted by atomic mass is 32.1. The van der Waals surface area contributed by atoms with E-state index in [1.807, 2.05) is 0 Å². The lowest BCUT2D eigenvalue weighted by atomic mass is 9.96. The van der Waals surface area contributed by atoms with Gasteiger partial charge in [0.2, 0.25) is 0 Å². The van der Waals surface area contributed by atoms with Gasteiger partial charge in [0.1, 0.15) is 0 Å². The average molecular weight is 374 g/mol. The summed E-state index contributed by atoms with van der Waals surface area (Å²) in [6.07, 6.45) is -4.34. The van der Waals surface area contributed by atoms with Crippen LogP contribution >= 0.6 is 11.3 Å². The highest BCUT2D eigenvalue weighted by Gasteiger charge is 2.41. The second kappa shape index (κ2) is 6.95. The monoisotopic (exact) mass is 374 g/mol. The Hall–Kier alpha value is -2.23. The molecule has 1 amide bonds. The van der Waals surface area contributed by atoms with Crippen molar-refractivity contribution in [3.63, 3.8) is 0 Å². The van der Waals surface area contributed by atoms with E-state index in [4.69, 9.17) is 0 Å². The maximum atomic E-state index is 14.2. The first kappa shape index (κ1) is 17.6. The summed E-state index contributed by atoms with van der Waals surface area (Å²) in [4.78, 5) is 13.9. The second-order valence-corrected chi connectivity index (χ2v) is 6.58. The predicted octanol–water partition coefficient (Wildman–Crippen LogP) is 3.71. The van der Waals surface area contributed by atoms with Gasteiger partial charge in [-0.3, -0.25) is 4.79 Å². The lowest BCUT2D eigenvalue weighted by Crippen LogP contribution is -2.39. The number of piperidine rings is 1. The third-order valence-corrected chi connectivity index (χ3v) is 4.86. The van der Waals surface area contributed by atoms with Crippen LogP contribution in [0.2, 0.25) is 0 Å². The molecule has 1 saturated heterocycles. The molecule has 1 fully saturated rings. The number of hydrogen-bond donors (Lipinski definition) is 1. The Morgan fingerprint density at radius 2 is 2.00 bits per heavy atom. The summed E-state index contributed by atoms with van der Waals surface area (Å²) in [5.74, 6) is -2.78. The first-order valence-corrected chi connectivity index (χ1v) is 8.42. The molecule has 5 nitrogen and oxygen atoms in total. The van der Waals surface area contributed by atoms with Gasteiger partial charge in [0.15, 0.2) is 17.5 Å². The number of thiophene rings is 1. The lowest BCUT2D eigenvalue weighted by Gasteiger charge is -2.33. The molecule has 3 rings (SSSR count). The quantitative estimate of drug-likeness (QED) is 0.833. The van der Waals surface area contributed by atoms with Gasteiger partial charge >= 0.3 is 6.18 Å². The highest BCUT2D eigenvalue weighted by Crippen LogP contribution is 2.35. The van der Waals surface area contributed by atoms with Gasteiger partial charge in [-0.25, -0.2) is 4.39 Å². The Kier molecular flexibility index (Phi) is 4.89. The molecule has 1 N–H and O–H groups in total. The van der Waals surface area contributed by atoms with Crippen LogP contribution in [0.15, 0.2) is 23.6 Å². The standard InChI is InChI=1S/C15H14F4N4OS/c16-10-8-12(23-5-3-9(4-6-23)15(17,18)19)21-22-13(10)20-14(24)11-2-1-7-25-11/h1-2,7-9H,3-6H2,(H,20,22,24). The number of nitrogens with zero attached hydrogens (tertiary/aromatic N) is 3. The third-order valence-electron chi connectivity index (χ3n) is 3.99. The van der Waals surface area contributed by atoms with E-state index in [0.29, 0.717) is 4.88 Å². The van der Waals surface area contributed by atoms with Gasteiger partial charge < -0.3 is 10.2 Å². The molecule has 0 atom stereocenters. The molecule has 0 spiro atoms. The van der Waals surface area contributed by atoms with Gasteiger partial charge in [0.05, 0.1) is 10.8 Å². The molecule has 0 aromatic carbocycles. The van der Waals surface area contributed by atoms with Crippen molar-refractivity contribution in [3.8, 4) is 0 Å². The Morgan fingerprint density at radius 3 is 2.56 bits per heavy atom. The predicted molar refractivity (Wildman–Crippen MR) is 85.3 cm³/mol. The van der Waals surface area contributed by atoms with E-state index in [2.05, 4.69) is 15.5 Å². The Morgan fingerprint density at radius 1 is 1.28 bits per heavy atom. The smallest absolute Gasteiger partial charge is 0.355 e. The fourth-order valence-corrected chi connectivity index (χ4v) is 3.23. The van der Waals surface area contributed by atoms with Crippen molar-refractivity contribution < 1.29 is 22.4 Å². The first-order valence-electron chi connectivity index (χ1n) is 7.54. The van der Waals surface area contributed by atoms with Crippen molar-refractivity contribution in [2.75, 3.05) is 23.3 Å². The molecule has 1 aliphatic heterocycles. The highest BCUT2D eigenvalue weighted by molar-refractivity contribution is 7.12. The lowest BCUT2D eigenvalue weighted by molar-refractivity contribution is -0.179. The molecule has 10 heteroatoms. The van der Waals surface area contributed by atoms with Crippen LogP contribution in [0, 0.1) is 11.7 Å². The SMILES string of the molecule is O=C(Nc1nnc(N2CCC(C(F)(F)F)CC2)cc1F)c1cccs1. The van der Waals surface area contributed by atoms with Gasteiger partial charge in [-0.1, -0.05) is 6.07 Å². The van der Waals surface area contributed by atoms with Crippen LogP contribution < -0.4 is 10.2 Å². The van der Waals surface area contributed by atoms with Gasteiger partial charge in [0, 0.05) is 19.2 Å². The van der Waals surface area contributed by atoms with Crippen LogP contribution in [0.25, 0.3) is 0 Å². The van der Waals surface area contributed by atoms with Crippen LogP contribution in [0.4, 0.5) is 29.2 Å². The van der Waals surface area contributed by atoms with Crippen LogP contribution in [-0.4, -0.2) is 35.4 Å². The number of anilines is 2. The second-order valence-electron chi connectivity index (χ2n) is 5.63. The zero-order chi connectivity index (χ0) is 18.0. The fourth-order valence-electron chi connectivity index (χ4n) is 2.61. The number of rotatable bonds is 3. The van der Waals surface area contributed by atoms with E-state index < -0.39 is 23.8 Å². The van der Waals surface area contributed by atoms with Crippen LogP contribution in [0.5, 0.6) is 0 Å². The van der Waals surface area contributed by atoms with Crippen molar-refractivity contribution in [2.24, 2.45) is 5.92 Å². The molecule has 134 valence electrons. The number of alkyl halides is 3. The van der Waals surface area contributed by atoms with Crippen LogP contribution in [0.3, 0.4) is 0 Å². The third kappa shape index (κ3) is 4.06. The molecule has 25 heavy (non-hydrogen) atoms. The van der Waals surface area contributed by atoms with Crippen molar-refractivity contribution in [3.05, 3.63) is 34.3 Å². The summed E-state index contributed by atoms with van der Waals surface area (Å²) in [5.41, 5.74) is 0. The van der Waals surface area contributed by atoms with Crippen molar-refractivity contribution in [1.29, 1.82) is 0 Å². The Bertz CT molecular complexity index is 742. The Labute approximate surface area is 144 Å². The van der Waals surface area contributed by atoms with E-state index in [9.17, 15) is 22.4 Å². The molecule has 3 heterocycles. The van der Waals surface area contributed by atoms with Gasteiger partial charge in [-0.2, -0.15) is 13.2 Å². The Balaban J connectivity index is 1.65. The van der Waals surface area contributed by atoms with E-state index in [1.165, 1.54) is 11.3 Å². The van der Waals surface area contributed by atoms with Gasteiger partial charge in [-0.15, -0.1) is 21.5 Å². The molecule has 2 aromatic rings. The van der Waals surface area contributed by atoms with Gasteiger partial charge in [0.25, 0.3) is 5.91 Å². The molecule has 1 aliphatic rings. The summed E-state index contributed by atoms with van der Waals surface area (Å²) in [6.45, 7) is 0.248. The summed E-state index contributed by atoms with van der Waals surface area (Å²) < 4.78 is 52.2. The largest absolute Gasteiger partial charge is 0.391 e. The maximum absolute atomic E-state index is 14.2. The molecular formula is C15H14F4N4OS. The van der Waals surface area contributed by atoms with Crippen molar-refractivity contribution in [1.82, 2.24) is 10.2 Å². The minimum Gasteiger partial charge on any atom is -0.355 e. The molecule has 0 bridgehead atoms. The fraction of sp³-hybridized carbons (Fsp3) is 0.400. The minimum atomic E-state index is -4.21. The number of halogens is 4. The molecule has 0 unspecified atom stereocenters. The van der Waals surface area contributed by atoms with Gasteiger partial charge in [-0.05, 0) is 24.3 Å². The number of amides is 1.